The number of imidazole rings is 1. The molecule has 3 rings (SSSR count). The minimum absolute atomic E-state index is 0.190. The summed E-state index contributed by atoms with van der Waals surface area (Å²) in [6.45, 7) is 7.98. The van der Waals surface area contributed by atoms with Gasteiger partial charge in [0, 0.05) is 51.5 Å². The van der Waals surface area contributed by atoms with E-state index in [1.165, 1.54) is 0 Å². The van der Waals surface area contributed by atoms with Crippen molar-refractivity contribution in [3.63, 3.8) is 0 Å². The maximum atomic E-state index is 12.9. The summed E-state index contributed by atoms with van der Waals surface area (Å²) in [6, 6.07) is 0. The Hall–Kier alpha value is -1.85. The molecule has 1 atom stereocenters. The Morgan fingerprint density at radius 1 is 1.28 bits per heavy atom. The molecular weight excluding hydrogens is 316 g/mol. The molecule has 0 radical (unpaired) electrons. The van der Waals surface area contributed by atoms with Gasteiger partial charge in [-0.3, -0.25) is 9.59 Å². The van der Waals surface area contributed by atoms with E-state index in [4.69, 9.17) is 0 Å². The van der Waals surface area contributed by atoms with Crippen LogP contribution in [0.3, 0.4) is 0 Å². The minimum atomic E-state index is -0.302. The van der Waals surface area contributed by atoms with Gasteiger partial charge in [-0.1, -0.05) is 6.92 Å². The second kappa shape index (κ2) is 7.58. The Balaban J connectivity index is 1.52. The molecule has 2 saturated heterocycles. The molecule has 1 aromatic heterocycles. The van der Waals surface area contributed by atoms with Crippen LogP contribution in [-0.2, 0) is 16.1 Å². The third kappa shape index (κ3) is 3.72. The second-order valence-electron chi connectivity index (χ2n) is 7.51. The Morgan fingerprint density at radius 2 is 2.12 bits per heavy atom. The first-order chi connectivity index (χ1) is 12.1. The highest BCUT2D eigenvalue weighted by Gasteiger charge is 2.48. The summed E-state index contributed by atoms with van der Waals surface area (Å²) in [5, 5.41) is 0. The number of amides is 2. The fourth-order valence-corrected chi connectivity index (χ4v) is 4.30. The molecule has 6 heteroatoms. The Morgan fingerprint density at radius 3 is 2.84 bits per heavy atom. The van der Waals surface area contributed by atoms with Crippen LogP contribution in [0.4, 0.5) is 0 Å². The maximum Gasteiger partial charge on any atom is 0.230 e. The average molecular weight is 346 g/mol. The fraction of sp³-hybridized carbons (Fsp3) is 0.737. The van der Waals surface area contributed by atoms with Crippen LogP contribution in [-0.4, -0.2) is 57.3 Å². The van der Waals surface area contributed by atoms with Crippen molar-refractivity contribution in [1.82, 2.24) is 19.4 Å². The molecule has 0 aromatic carbocycles. The molecule has 2 aliphatic heterocycles. The highest BCUT2D eigenvalue weighted by molar-refractivity contribution is 5.86. The third-order valence-electron chi connectivity index (χ3n) is 5.74. The summed E-state index contributed by atoms with van der Waals surface area (Å²) in [5.41, 5.74) is -0.302. The Bertz CT molecular complexity index is 625. The molecule has 0 saturated carbocycles. The van der Waals surface area contributed by atoms with Gasteiger partial charge >= 0.3 is 0 Å². The zero-order chi connectivity index (χ0) is 17.9. The molecule has 0 aliphatic carbocycles. The van der Waals surface area contributed by atoms with Gasteiger partial charge in [-0.25, -0.2) is 4.98 Å². The van der Waals surface area contributed by atoms with Crippen molar-refractivity contribution in [2.24, 2.45) is 5.41 Å². The minimum Gasteiger partial charge on any atom is -0.342 e. The van der Waals surface area contributed by atoms with E-state index in [0.717, 1.165) is 64.1 Å². The summed E-state index contributed by atoms with van der Waals surface area (Å²) in [7, 11) is 0. The number of carbonyl (C=O) groups excluding carboxylic acids is 2. The molecule has 1 aromatic rings. The molecule has 2 aliphatic rings. The van der Waals surface area contributed by atoms with Gasteiger partial charge in [0.2, 0.25) is 11.8 Å². The van der Waals surface area contributed by atoms with Crippen molar-refractivity contribution in [1.29, 1.82) is 0 Å². The molecule has 25 heavy (non-hydrogen) atoms. The van der Waals surface area contributed by atoms with Gasteiger partial charge in [0.25, 0.3) is 0 Å². The number of piperidine rings is 1. The lowest BCUT2D eigenvalue weighted by atomic mass is 9.78. The first-order valence-electron chi connectivity index (χ1n) is 9.60. The summed E-state index contributed by atoms with van der Waals surface area (Å²) in [4.78, 5) is 33.6. The highest BCUT2D eigenvalue weighted by Crippen LogP contribution is 2.40. The van der Waals surface area contributed by atoms with Gasteiger partial charge < -0.3 is 14.4 Å². The number of rotatable bonds is 6. The lowest BCUT2D eigenvalue weighted by Crippen LogP contribution is -2.50. The van der Waals surface area contributed by atoms with E-state index in [1.54, 1.807) is 6.20 Å². The van der Waals surface area contributed by atoms with Gasteiger partial charge in [0.15, 0.2) is 0 Å². The van der Waals surface area contributed by atoms with Crippen molar-refractivity contribution in [3.8, 4) is 0 Å². The number of hydrogen-bond donors (Lipinski definition) is 0. The molecule has 6 nitrogen and oxygen atoms in total. The van der Waals surface area contributed by atoms with Crippen LogP contribution in [0.5, 0.6) is 0 Å². The predicted octanol–water partition coefficient (Wildman–Crippen LogP) is 2.22. The molecular formula is C19H30N4O2. The maximum absolute atomic E-state index is 12.9. The molecule has 0 bridgehead atoms. The van der Waals surface area contributed by atoms with Crippen molar-refractivity contribution < 1.29 is 9.59 Å². The zero-order valence-corrected chi connectivity index (χ0v) is 15.5. The van der Waals surface area contributed by atoms with E-state index >= 15 is 0 Å². The van der Waals surface area contributed by atoms with Crippen molar-refractivity contribution in [2.75, 3.05) is 26.2 Å². The number of carbonyl (C=O) groups is 2. The van der Waals surface area contributed by atoms with Gasteiger partial charge in [0.1, 0.15) is 5.82 Å². The van der Waals surface area contributed by atoms with Crippen LogP contribution in [0.25, 0.3) is 0 Å². The largest absolute Gasteiger partial charge is 0.342 e. The second-order valence-corrected chi connectivity index (χ2v) is 7.51. The monoisotopic (exact) mass is 346 g/mol. The summed E-state index contributed by atoms with van der Waals surface area (Å²) < 4.78 is 2.08. The van der Waals surface area contributed by atoms with Crippen LogP contribution in [0, 0.1) is 12.3 Å². The quantitative estimate of drug-likeness (QED) is 0.794. The SMILES string of the molecule is CCCN1CCCC2(CCN(C(=O)CCCn3ccnc3C)C2)C1=O. The van der Waals surface area contributed by atoms with E-state index in [-0.39, 0.29) is 17.2 Å². The van der Waals surface area contributed by atoms with Crippen LogP contribution < -0.4 is 0 Å². The van der Waals surface area contributed by atoms with Crippen LogP contribution in [0.2, 0.25) is 0 Å². The van der Waals surface area contributed by atoms with Crippen LogP contribution >= 0.6 is 0 Å². The molecule has 0 N–H and O–H groups in total. The van der Waals surface area contributed by atoms with E-state index < -0.39 is 0 Å². The van der Waals surface area contributed by atoms with Crippen molar-refractivity contribution in [2.45, 2.75) is 58.9 Å². The molecule has 2 fully saturated rings. The van der Waals surface area contributed by atoms with Gasteiger partial charge in [0.05, 0.1) is 5.41 Å². The number of aromatic nitrogens is 2. The lowest BCUT2D eigenvalue weighted by molar-refractivity contribution is -0.146. The summed E-state index contributed by atoms with van der Waals surface area (Å²) >= 11 is 0. The van der Waals surface area contributed by atoms with E-state index in [1.807, 2.05) is 22.9 Å². The number of aryl methyl sites for hydroxylation is 2. The van der Waals surface area contributed by atoms with Crippen LogP contribution in [0.1, 0.15) is 51.3 Å². The third-order valence-corrected chi connectivity index (χ3v) is 5.74. The van der Waals surface area contributed by atoms with E-state index in [9.17, 15) is 9.59 Å². The summed E-state index contributed by atoms with van der Waals surface area (Å²) in [6.07, 6.45) is 8.93. The fourth-order valence-electron chi connectivity index (χ4n) is 4.30. The molecule has 1 spiro atoms. The number of likely N-dealkylation sites (tertiary alicyclic amines) is 2. The average Bonchev–Trinajstić information content (AvgIpc) is 3.20. The molecule has 2 amide bonds. The van der Waals surface area contributed by atoms with Crippen LogP contribution in [0.15, 0.2) is 12.4 Å². The number of nitrogens with zero attached hydrogens (tertiary/aromatic N) is 4. The highest BCUT2D eigenvalue weighted by atomic mass is 16.2. The molecule has 1 unspecified atom stereocenters. The zero-order valence-electron chi connectivity index (χ0n) is 15.5. The van der Waals surface area contributed by atoms with E-state index in [0.29, 0.717) is 13.0 Å². The van der Waals surface area contributed by atoms with Gasteiger partial charge in [-0.2, -0.15) is 0 Å². The topological polar surface area (TPSA) is 58.4 Å². The lowest BCUT2D eigenvalue weighted by Gasteiger charge is -2.39. The van der Waals surface area contributed by atoms with Crippen molar-refractivity contribution in [3.05, 3.63) is 18.2 Å². The van der Waals surface area contributed by atoms with Gasteiger partial charge in [-0.05, 0) is 39.0 Å². The van der Waals surface area contributed by atoms with Crippen molar-refractivity contribution >= 4 is 11.8 Å². The Kier molecular flexibility index (Phi) is 5.45. The first-order valence-corrected chi connectivity index (χ1v) is 9.60. The molecule has 138 valence electrons. The van der Waals surface area contributed by atoms with Gasteiger partial charge in [-0.15, -0.1) is 0 Å². The first kappa shape index (κ1) is 18.0. The Labute approximate surface area is 150 Å². The van der Waals surface area contributed by atoms with E-state index in [2.05, 4.69) is 16.5 Å². The molecule has 3 heterocycles. The standard InChI is InChI=1S/C19H30N4O2/c1-3-10-22-12-5-7-19(18(22)25)8-13-23(15-19)17(24)6-4-11-21-14-9-20-16(21)2/h9,14H,3-8,10-13,15H2,1-2H3. The normalized spacial score (nSPS) is 23.7. The number of hydrogen-bond acceptors (Lipinski definition) is 3. The predicted molar refractivity (Wildman–Crippen MR) is 95.9 cm³/mol. The summed E-state index contributed by atoms with van der Waals surface area (Å²) in [5.74, 6) is 1.45. The smallest absolute Gasteiger partial charge is 0.230 e.